The minimum atomic E-state index is 0.544. The van der Waals surface area contributed by atoms with Crippen LogP contribution in [0.15, 0.2) is 64.4 Å². The smallest absolute Gasteiger partial charge is 0.0157 e. The van der Waals surface area contributed by atoms with Gasteiger partial charge in [-0.05, 0) is 43.8 Å². The van der Waals surface area contributed by atoms with Gasteiger partial charge in [0, 0.05) is 16.3 Å². The van der Waals surface area contributed by atoms with Gasteiger partial charge in [0.25, 0.3) is 0 Å². The Morgan fingerprint density at radius 3 is 2.26 bits per heavy atom. The van der Waals surface area contributed by atoms with Crippen LogP contribution in [0.5, 0.6) is 0 Å². The van der Waals surface area contributed by atoms with Crippen LogP contribution in [0.1, 0.15) is 18.4 Å². The first kappa shape index (κ1) is 14.2. The van der Waals surface area contributed by atoms with E-state index >= 15 is 0 Å². The average molecular weight is 271 g/mol. The van der Waals surface area contributed by atoms with Crippen LogP contribution in [-0.4, -0.2) is 25.5 Å². The molecule has 2 aromatic carbocycles. The summed E-state index contributed by atoms with van der Waals surface area (Å²) in [5.41, 5.74) is 1.44. The maximum absolute atomic E-state index is 2.30. The second-order valence-electron chi connectivity index (χ2n) is 5.12. The van der Waals surface area contributed by atoms with E-state index in [1.54, 1.807) is 0 Å². The van der Waals surface area contributed by atoms with Gasteiger partial charge in [0.05, 0.1) is 0 Å². The van der Waals surface area contributed by atoms with Crippen LogP contribution >= 0.6 is 11.8 Å². The molecule has 2 heteroatoms. The Morgan fingerprint density at radius 1 is 0.947 bits per heavy atom. The standard InChI is InChI=1S/C17H21NS/c1-14(13-18(2)3)16-11-7-8-12-17(16)19-15-9-5-4-6-10-15/h4-12,14H,13H2,1-3H3. The molecule has 0 fully saturated rings. The van der Waals surface area contributed by atoms with Gasteiger partial charge >= 0.3 is 0 Å². The summed E-state index contributed by atoms with van der Waals surface area (Å²) in [5, 5.41) is 0. The van der Waals surface area contributed by atoms with Gasteiger partial charge in [0.15, 0.2) is 0 Å². The lowest BCUT2D eigenvalue weighted by atomic mass is 10.0. The Kier molecular flexibility index (Phi) is 5.06. The van der Waals surface area contributed by atoms with Crippen molar-refractivity contribution < 1.29 is 0 Å². The summed E-state index contributed by atoms with van der Waals surface area (Å²) in [5.74, 6) is 0.544. The third-order valence-electron chi connectivity index (χ3n) is 3.06. The van der Waals surface area contributed by atoms with Gasteiger partial charge in [-0.2, -0.15) is 0 Å². The van der Waals surface area contributed by atoms with Crippen LogP contribution in [0.3, 0.4) is 0 Å². The highest BCUT2D eigenvalue weighted by molar-refractivity contribution is 7.99. The Balaban J connectivity index is 2.21. The van der Waals surface area contributed by atoms with E-state index in [9.17, 15) is 0 Å². The summed E-state index contributed by atoms with van der Waals surface area (Å²) >= 11 is 1.85. The van der Waals surface area contributed by atoms with Gasteiger partial charge < -0.3 is 4.90 Å². The molecule has 0 saturated carbocycles. The van der Waals surface area contributed by atoms with Crippen LogP contribution in [0, 0.1) is 0 Å². The fourth-order valence-corrected chi connectivity index (χ4v) is 3.32. The summed E-state index contributed by atoms with van der Waals surface area (Å²) in [6.07, 6.45) is 0. The number of hydrogen-bond acceptors (Lipinski definition) is 2. The van der Waals surface area contributed by atoms with Crippen molar-refractivity contribution in [2.75, 3.05) is 20.6 Å². The van der Waals surface area contributed by atoms with Gasteiger partial charge in [-0.1, -0.05) is 55.1 Å². The molecule has 0 heterocycles. The maximum atomic E-state index is 2.30. The summed E-state index contributed by atoms with van der Waals surface area (Å²) in [6.45, 7) is 3.37. The van der Waals surface area contributed by atoms with Crippen molar-refractivity contribution in [1.29, 1.82) is 0 Å². The number of nitrogens with zero attached hydrogens (tertiary/aromatic N) is 1. The predicted molar refractivity (Wildman–Crippen MR) is 84.0 cm³/mol. The van der Waals surface area contributed by atoms with Crippen molar-refractivity contribution in [1.82, 2.24) is 4.90 Å². The maximum Gasteiger partial charge on any atom is 0.0157 e. The quantitative estimate of drug-likeness (QED) is 0.787. The van der Waals surface area contributed by atoms with Gasteiger partial charge in [0.2, 0.25) is 0 Å². The zero-order valence-corrected chi connectivity index (χ0v) is 12.7. The van der Waals surface area contributed by atoms with Crippen molar-refractivity contribution in [3.8, 4) is 0 Å². The summed E-state index contributed by atoms with van der Waals surface area (Å²) in [7, 11) is 4.26. The van der Waals surface area contributed by atoms with E-state index in [4.69, 9.17) is 0 Å². The van der Waals surface area contributed by atoms with Crippen molar-refractivity contribution in [2.45, 2.75) is 22.6 Å². The predicted octanol–water partition coefficient (Wildman–Crippen LogP) is 4.50. The normalized spacial score (nSPS) is 12.6. The molecule has 0 radical (unpaired) electrons. The molecule has 0 aliphatic heterocycles. The van der Waals surface area contributed by atoms with Crippen molar-refractivity contribution in [3.63, 3.8) is 0 Å². The Morgan fingerprint density at radius 2 is 1.58 bits per heavy atom. The molecule has 0 bridgehead atoms. The first-order valence-corrected chi connectivity index (χ1v) is 7.45. The van der Waals surface area contributed by atoms with Crippen LogP contribution < -0.4 is 0 Å². The zero-order chi connectivity index (χ0) is 13.7. The van der Waals surface area contributed by atoms with Gasteiger partial charge in [0.1, 0.15) is 0 Å². The van der Waals surface area contributed by atoms with E-state index in [1.807, 2.05) is 11.8 Å². The number of benzene rings is 2. The van der Waals surface area contributed by atoms with E-state index in [1.165, 1.54) is 15.4 Å². The second-order valence-corrected chi connectivity index (χ2v) is 6.23. The van der Waals surface area contributed by atoms with Gasteiger partial charge in [-0.3, -0.25) is 0 Å². The Bertz CT molecular complexity index is 508. The summed E-state index contributed by atoms with van der Waals surface area (Å²) in [4.78, 5) is 4.91. The average Bonchev–Trinajstić information content (AvgIpc) is 2.39. The molecule has 1 nitrogen and oxygen atoms in total. The fourth-order valence-electron chi connectivity index (χ4n) is 2.24. The molecule has 1 unspecified atom stereocenters. The lowest BCUT2D eigenvalue weighted by Gasteiger charge is -2.19. The number of hydrogen-bond donors (Lipinski definition) is 0. The van der Waals surface area contributed by atoms with Crippen molar-refractivity contribution >= 4 is 11.8 Å². The summed E-state index contributed by atoms with van der Waals surface area (Å²) < 4.78 is 0. The van der Waals surface area contributed by atoms with Crippen LogP contribution in [-0.2, 0) is 0 Å². The molecule has 2 rings (SSSR count). The zero-order valence-electron chi connectivity index (χ0n) is 11.8. The second kappa shape index (κ2) is 6.78. The molecule has 100 valence electrons. The molecule has 0 spiro atoms. The minimum Gasteiger partial charge on any atom is -0.309 e. The van der Waals surface area contributed by atoms with E-state index < -0.39 is 0 Å². The molecule has 0 amide bonds. The molecule has 0 N–H and O–H groups in total. The molecule has 1 atom stereocenters. The molecule has 2 aromatic rings. The molecular weight excluding hydrogens is 250 g/mol. The van der Waals surface area contributed by atoms with Crippen LogP contribution in [0.25, 0.3) is 0 Å². The monoisotopic (exact) mass is 271 g/mol. The minimum absolute atomic E-state index is 0.544. The van der Waals surface area contributed by atoms with E-state index in [0.29, 0.717) is 5.92 Å². The third-order valence-corrected chi connectivity index (χ3v) is 4.16. The highest BCUT2D eigenvalue weighted by Crippen LogP contribution is 2.33. The summed E-state index contributed by atoms with van der Waals surface area (Å²) in [6, 6.07) is 19.3. The molecule has 0 aromatic heterocycles. The van der Waals surface area contributed by atoms with Crippen molar-refractivity contribution in [2.24, 2.45) is 0 Å². The SMILES string of the molecule is CC(CN(C)C)c1ccccc1Sc1ccccc1. The highest BCUT2D eigenvalue weighted by atomic mass is 32.2. The first-order chi connectivity index (χ1) is 9.16. The third kappa shape index (κ3) is 4.12. The van der Waals surface area contributed by atoms with E-state index in [2.05, 4.69) is 80.5 Å². The first-order valence-electron chi connectivity index (χ1n) is 6.63. The van der Waals surface area contributed by atoms with Crippen LogP contribution in [0.2, 0.25) is 0 Å². The van der Waals surface area contributed by atoms with E-state index in [-0.39, 0.29) is 0 Å². The number of likely N-dealkylation sites (N-methyl/N-ethyl adjacent to an activating group) is 1. The lowest BCUT2D eigenvalue weighted by Crippen LogP contribution is -2.18. The molecule has 0 aliphatic carbocycles. The Labute approximate surface area is 120 Å². The molecule has 19 heavy (non-hydrogen) atoms. The highest BCUT2D eigenvalue weighted by Gasteiger charge is 2.11. The number of rotatable bonds is 5. The van der Waals surface area contributed by atoms with E-state index in [0.717, 1.165) is 6.54 Å². The lowest BCUT2D eigenvalue weighted by molar-refractivity contribution is 0.381. The van der Waals surface area contributed by atoms with Gasteiger partial charge in [-0.15, -0.1) is 0 Å². The van der Waals surface area contributed by atoms with Crippen LogP contribution in [0.4, 0.5) is 0 Å². The topological polar surface area (TPSA) is 3.24 Å². The largest absolute Gasteiger partial charge is 0.309 e. The molecular formula is C17H21NS. The Hall–Kier alpha value is -1.25. The van der Waals surface area contributed by atoms with Gasteiger partial charge in [-0.25, -0.2) is 0 Å². The molecule has 0 saturated heterocycles. The van der Waals surface area contributed by atoms with Crippen molar-refractivity contribution in [3.05, 3.63) is 60.2 Å². The molecule has 0 aliphatic rings. The fraction of sp³-hybridized carbons (Fsp3) is 0.294.